The molecule has 0 aliphatic heterocycles. The third kappa shape index (κ3) is 1.57. The quantitative estimate of drug-likeness (QED) is 0.677. The van der Waals surface area contributed by atoms with Gasteiger partial charge in [0.2, 0.25) is 0 Å². The van der Waals surface area contributed by atoms with Gasteiger partial charge in [0.15, 0.2) is 5.65 Å². The number of aromatic nitrogens is 3. The number of hydrogen-bond donors (Lipinski definition) is 0. The molecule has 3 aromatic rings. The topological polar surface area (TPSA) is 30.2 Å². The summed E-state index contributed by atoms with van der Waals surface area (Å²) in [5.74, 6) is -0.227. The SMILES string of the molecule is Cc1nc2c(-c3ccc(F)cc3)cnn2c2c1CCC2. The predicted octanol–water partition coefficient (Wildman–Crippen LogP) is 3.33. The molecular weight excluding hydrogens is 253 g/mol. The fraction of sp³-hybridized carbons (Fsp3) is 0.250. The Kier molecular flexibility index (Phi) is 2.39. The molecular formula is C16H14FN3. The highest BCUT2D eigenvalue weighted by Gasteiger charge is 2.20. The van der Waals surface area contributed by atoms with Gasteiger partial charge in [0, 0.05) is 17.0 Å². The van der Waals surface area contributed by atoms with Gasteiger partial charge in [-0.25, -0.2) is 13.9 Å². The van der Waals surface area contributed by atoms with E-state index in [4.69, 9.17) is 4.98 Å². The van der Waals surface area contributed by atoms with Gasteiger partial charge in [-0.15, -0.1) is 0 Å². The van der Waals surface area contributed by atoms with Crippen LogP contribution in [0.5, 0.6) is 0 Å². The van der Waals surface area contributed by atoms with Crippen LogP contribution in [0.25, 0.3) is 16.8 Å². The lowest BCUT2D eigenvalue weighted by atomic mass is 10.1. The molecule has 0 bridgehead atoms. The Morgan fingerprint density at radius 2 is 1.95 bits per heavy atom. The molecule has 0 N–H and O–H groups in total. The summed E-state index contributed by atoms with van der Waals surface area (Å²) in [5.41, 5.74) is 6.49. The van der Waals surface area contributed by atoms with Crippen molar-refractivity contribution in [1.82, 2.24) is 14.6 Å². The van der Waals surface area contributed by atoms with E-state index < -0.39 is 0 Å². The van der Waals surface area contributed by atoms with Gasteiger partial charge in [-0.05, 0) is 49.4 Å². The molecule has 2 aromatic heterocycles. The van der Waals surface area contributed by atoms with E-state index in [0.717, 1.165) is 35.3 Å². The second-order valence-electron chi connectivity index (χ2n) is 5.28. The van der Waals surface area contributed by atoms with Crippen LogP contribution in [-0.4, -0.2) is 14.6 Å². The molecule has 0 amide bonds. The maximum atomic E-state index is 13.0. The standard InChI is InChI=1S/C16H14FN3/c1-10-13-3-2-4-15(13)20-16(19-10)14(9-18-20)11-5-7-12(17)8-6-11/h5-9H,2-4H2,1H3. The zero-order chi connectivity index (χ0) is 13.7. The first-order valence-electron chi connectivity index (χ1n) is 6.86. The van der Waals surface area contributed by atoms with Crippen LogP contribution >= 0.6 is 0 Å². The first kappa shape index (κ1) is 11.6. The van der Waals surface area contributed by atoms with Gasteiger partial charge in [-0.3, -0.25) is 0 Å². The van der Waals surface area contributed by atoms with Crippen LogP contribution < -0.4 is 0 Å². The molecule has 100 valence electrons. The Balaban J connectivity index is 1.98. The minimum Gasteiger partial charge on any atom is -0.233 e. The summed E-state index contributed by atoms with van der Waals surface area (Å²) in [5, 5.41) is 4.49. The van der Waals surface area contributed by atoms with E-state index in [-0.39, 0.29) is 5.82 Å². The summed E-state index contributed by atoms with van der Waals surface area (Å²) in [6.45, 7) is 2.06. The summed E-state index contributed by atoms with van der Waals surface area (Å²) >= 11 is 0. The molecule has 0 radical (unpaired) electrons. The number of nitrogens with zero attached hydrogens (tertiary/aromatic N) is 3. The van der Waals surface area contributed by atoms with E-state index >= 15 is 0 Å². The molecule has 0 atom stereocenters. The molecule has 3 nitrogen and oxygen atoms in total. The highest BCUT2D eigenvalue weighted by molar-refractivity contribution is 5.77. The molecule has 20 heavy (non-hydrogen) atoms. The number of halogens is 1. The molecule has 4 rings (SSSR count). The lowest BCUT2D eigenvalue weighted by Gasteiger charge is -2.07. The van der Waals surface area contributed by atoms with Crippen molar-refractivity contribution in [1.29, 1.82) is 0 Å². The third-order valence-corrected chi connectivity index (χ3v) is 4.05. The largest absolute Gasteiger partial charge is 0.233 e. The van der Waals surface area contributed by atoms with Crippen LogP contribution in [0.2, 0.25) is 0 Å². The number of aryl methyl sites for hydroxylation is 2. The van der Waals surface area contributed by atoms with Gasteiger partial charge in [-0.2, -0.15) is 5.10 Å². The first-order valence-corrected chi connectivity index (χ1v) is 6.86. The lowest BCUT2D eigenvalue weighted by Crippen LogP contribution is -2.03. The van der Waals surface area contributed by atoms with Crippen LogP contribution in [0.15, 0.2) is 30.5 Å². The number of fused-ring (bicyclic) bond motifs is 3. The highest BCUT2D eigenvalue weighted by Crippen LogP contribution is 2.29. The van der Waals surface area contributed by atoms with E-state index in [0.29, 0.717) is 0 Å². The molecule has 0 spiro atoms. The fourth-order valence-electron chi connectivity index (χ4n) is 3.06. The summed E-state index contributed by atoms with van der Waals surface area (Å²) < 4.78 is 15.0. The normalized spacial score (nSPS) is 13.9. The number of rotatable bonds is 1. The Morgan fingerprint density at radius 3 is 2.75 bits per heavy atom. The first-order chi connectivity index (χ1) is 9.74. The summed E-state index contributed by atoms with van der Waals surface area (Å²) in [6.07, 6.45) is 5.14. The zero-order valence-corrected chi connectivity index (χ0v) is 11.2. The maximum Gasteiger partial charge on any atom is 0.163 e. The van der Waals surface area contributed by atoms with Crippen LogP contribution in [0.1, 0.15) is 23.4 Å². The van der Waals surface area contributed by atoms with Crippen molar-refractivity contribution >= 4 is 5.65 Å². The van der Waals surface area contributed by atoms with E-state index in [9.17, 15) is 4.39 Å². The van der Waals surface area contributed by atoms with Crippen LogP contribution in [0, 0.1) is 12.7 Å². The summed E-state index contributed by atoms with van der Waals surface area (Å²) in [7, 11) is 0. The Bertz CT molecular complexity index is 803. The molecule has 1 aromatic carbocycles. The van der Waals surface area contributed by atoms with Gasteiger partial charge in [0.25, 0.3) is 0 Å². The molecule has 0 saturated heterocycles. The van der Waals surface area contributed by atoms with Crippen molar-refractivity contribution in [3.8, 4) is 11.1 Å². The molecule has 1 aliphatic rings. The van der Waals surface area contributed by atoms with Crippen LogP contribution in [-0.2, 0) is 12.8 Å². The molecule has 4 heteroatoms. The third-order valence-electron chi connectivity index (χ3n) is 4.05. The molecule has 1 aliphatic carbocycles. The smallest absolute Gasteiger partial charge is 0.163 e. The second kappa shape index (κ2) is 4.13. The monoisotopic (exact) mass is 267 g/mol. The predicted molar refractivity (Wildman–Crippen MR) is 75.1 cm³/mol. The fourth-order valence-corrected chi connectivity index (χ4v) is 3.06. The van der Waals surface area contributed by atoms with Crippen molar-refractivity contribution in [3.05, 3.63) is 53.2 Å². The number of benzene rings is 1. The number of hydrogen-bond acceptors (Lipinski definition) is 2. The van der Waals surface area contributed by atoms with E-state index in [1.807, 2.05) is 10.7 Å². The van der Waals surface area contributed by atoms with Crippen LogP contribution in [0.4, 0.5) is 4.39 Å². The van der Waals surface area contributed by atoms with Gasteiger partial charge in [0.05, 0.1) is 6.20 Å². The van der Waals surface area contributed by atoms with Gasteiger partial charge in [-0.1, -0.05) is 12.1 Å². The second-order valence-corrected chi connectivity index (χ2v) is 5.28. The van der Waals surface area contributed by atoms with Gasteiger partial charge < -0.3 is 0 Å². The van der Waals surface area contributed by atoms with E-state index in [1.165, 1.54) is 29.8 Å². The Labute approximate surface area is 116 Å². The maximum absolute atomic E-state index is 13.0. The average molecular weight is 267 g/mol. The van der Waals surface area contributed by atoms with Crippen molar-refractivity contribution in [2.75, 3.05) is 0 Å². The molecule has 2 heterocycles. The van der Waals surface area contributed by atoms with Crippen molar-refractivity contribution < 1.29 is 4.39 Å². The zero-order valence-electron chi connectivity index (χ0n) is 11.2. The van der Waals surface area contributed by atoms with Crippen molar-refractivity contribution in [2.45, 2.75) is 26.2 Å². The van der Waals surface area contributed by atoms with E-state index in [2.05, 4.69) is 12.0 Å². The average Bonchev–Trinajstić information content (AvgIpc) is 3.06. The lowest BCUT2D eigenvalue weighted by molar-refractivity contribution is 0.628. The highest BCUT2D eigenvalue weighted by atomic mass is 19.1. The van der Waals surface area contributed by atoms with Crippen molar-refractivity contribution in [3.63, 3.8) is 0 Å². The minimum atomic E-state index is -0.227. The van der Waals surface area contributed by atoms with Crippen LogP contribution in [0.3, 0.4) is 0 Å². The molecule has 0 fully saturated rings. The molecule has 0 unspecified atom stereocenters. The van der Waals surface area contributed by atoms with E-state index in [1.54, 1.807) is 12.1 Å². The Hall–Kier alpha value is -2.23. The minimum absolute atomic E-state index is 0.227. The van der Waals surface area contributed by atoms with Crippen molar-refractivity contribution in [2.24, 2.45) is 0 Å². The Morgan fingerprint density at radius 1 is 1.15 bits per heavy atom. The summed E-state index contributed by atoms with van der Waals surface area (Å²) in [6, 6.07) is 6.49. The van der Waals surface area contributed by atoms with Gasteiger partial charge in [0.1, 0.15) is 5.82 Å². The van der Waals surface area contributed by atoms with Gasteiger partial charge >= 0.3 is 0 Å². The summed E-state index contributed by atoms with van der Waals surface area (Å²) in [4.78, 5) is 4.71. The molecule has 0 saturated carbocycles.